The van der Waals surface area contributed by atoms with Gasteiger partial charge in [-0.2, -0.15) is 10.5 Å². The van der Waals surface area contributed by atoms with Gasteiger partial charge in [0.05, 0.1) is 18.2 Å². The summed E-state index contributed by atoms with van der Waals surface area (Å²) in [6.07, 6.45) is 3.66. The van der Waals surface area contributed by atoms with Crippen LogP contribution in [0.5, 0.6) is 0 Å². The fourth-order valence-corrected chi connectivity index (χ4v) is 5.08. The Kier molecular flexibility index (Phi) is 4.61. The zero-order chi connectivity index (χ0) is 22.3. The van der Waals surface area contributed by atoms with Gasteiger partial charge in [0.2, 0.25) is 0 Å². The molecule has 0 amide bonds. The molecule has 3 aromatic carbocycles. The summed E-state index contributed by atoms with van der Waals surface area (Å²) in [5.41, 5.74) is 0.638. The number of fused-ring (bicyclic) bond motifs is 3. The Morgan fingerprint density at radius 2 is 1.56 bits per heavy atom. The lowest BCUT2D eigenvalue weighted by Crippen LogP contribution is -2.44. The van der Waals surface area contributed by atoms with E-state index in [1.807, 2.05) is 41.3 Å². The van der Waals surface area contributed by atoms with Gasteiger partial charge in [-0.3, -0.25) is 4.79 Å². The number of hydrogen-bond donors (Lipinski definition) is 0. The van der Waals surface area contributed by atoms with E-state index in [9.17, 15) is 15.3 Å². The van der Waals surface area contributed by atoms with E-state index >= 15 is 4.39 Å². The Bertz CT molecular complexity index is 1300. The van der Waals surface area contributed by atoms with Crippen molar-refractivity contribution in [2.45, 2.75) is 18.0 Å². The van der Waals surface area contributed by atoms with Crippen LogP contribution in [0.25, 0.3) is 6.08 Å². The van der Waals surface area contributed by atoms with E-state index in [1.54, 1.807) is 48.5 Å². The first kappa shape index (κ1) is 19.7. The van der Waals surface area contributed by atoms with Crippen LogP contribution in [-0.2, 0) is 0 Å². The Hall–Kier alpha value is -4.22. The minimum Gasteiger partial charge on any atom is -0.351 e. The number of hydrogen-bond acceptors (Lipinski definition) is 4. The fourth-order valence-electron chi connectivity index (χ4n) is 5.08. The number of carbonyl (C=O) groups is 1. The fraction of sp³-hybridized carbons (Fsp3) is 0.148. The summed E-state index contributed by atoms with van der Waals surface area (Å²) >= 11 is 0. The maximum atomic E-state index is 15.1. The number of benzene rings is 3. The molecular weight excluding hydrogens is 401 g/mol. The number of Topliss-reactive ketones (excluding diaryl/α,β-unsaturated/α-hetero) is 1. The maximum absolute atomic E-state index is 15.1. The van der Waals surface area contributed by atoms with E-state index < -0.39 is 29.2 Å². The van der Waals surface area contributed by atoms with Gasteiger partial charge in [0.25, 0.3) is 0 Å². The van der Waals surface area contributed by atoms with Gasteiger partial charge in [-0.1, -0.05) is 78.9 Å². The highest BCUT2D eigenvalue weighted by molar-refractivity contribution is 6.04. The molecule has 154 valence electrons. The van der Waals surface area contributed by atoms with Gasteiger partial charge in [-0.25, -0.2) is 4.39 Å². The van der Waals surface area contributed by atoms with Crippen LogP contribution >= 0.6 is 0 Å². The number of rotatable bonds is 3. The third-order valence-corrected chi connectivity index (χ3v) is 6.48. The molecule has 0 bridgehead atoms. The quantitative estimate of drug-likeness (QED) is 0.553. The molecule has 0 aromatic heterocycles. The summed E-state index contributed by atoms with van der Waals surface area (Å²) in [7, 11) is 0. The molecule has 0 spiro atoms. The minimum absolute atomic E-state index is 0.199. The molecule has 2 aliphatic heterocycles. The van der Waals surface area contributed by atoms with E-state index in [1.165, 1.54) is 6.07 Å². The van der Waals surface area contributed by atoms with Gasteiger partial charge in [0.1, 0.15) is 11.9 Å². The number of nitrogens with zero attached hydrogens (tertiary/aromatic N) is 3. The smallest absolute Gasteiger partial charge is 0.185 e. The van der Waals surface area contributed by atoms with E-state index in [0.29, 0.717) is 5.56 Å². The topological polar surface area (TPSA) is 67.9 Å². The van der Waals surface area contributed by atoms with E-state index in [-0.39, 0.29) is 11.3 Å². The molecule has 5 heteroatoms. The second kappa shape index (κ2) is 7.48. The average Bonchev–Trinajstić information content (AvgIpc) is 3.15. The third-order valence-electron chi connectivity index (χ3n) is 6.48. The van der Waals surface area contributed by atoms with Crippen molar-refractivity contribution in [1.29, 1.82) is 10.5 Å². The van der Waals surface area contributed by atoms with Crippen LogP contribution in [0.15, 0.2) is 84.9 Å². The molecule has 3 aromatic rings. The van der Waals surface area contributed by atoms with Crippen LogP contribution in [0.3, 0.4) is 0 Å². The number of nitriles is 2. The molecule has 2 heterocycles. The third kappa shape index (κ3) is 2.69. The zero-order valence-electron chi connectivity index (χ0n) is 17.0. The van der Waals surface area contributed by atoms with Crippen LogP contribution in [0.2, 0.25) is 0 Å². The Labute approximate surface area is 185 Å². The molecule has 3 unspecified atom stereocenters. The second-order valence-electron chi connectivity index (χ2n) is 8.04. The number of halogens is 1. The Balaban J connectivity index is 1.81. The van der Waals surface area contributed by atoms with Crippen LogP contribution < -0.4 is 4.90 Å². The molecule has 0 saturated carbocycles. The van der Waals surface area contributed by atoms with Gasteiger partial charge in [-0.15, -0.1) is 0 Å². The highest BCUT2D eigenvalue weighted by atomic mass is 19.1. The molecule has 1 fully saturated rings. The van der Waals surface area contributed by atoms with Gasteiger partial charge in [-0.05, 0) is 23.3 Å². The number of carbonyl (C=O) groups excluding carboxylic acids is 1. The van der Waals surface area contributed by atoms with Crippen molar-refractivity contribution >= 4 is 17.5 Å². The monoisotopic (exact) mass is 419 g/mol. The van der Waals surface area contributed by atoms with Crippen LogP contribution in [0.4, 0.5) is 10.1 Å². The summed E-state index contributed by atoms with van der Waals surface area (Å²) in [5.74, 6) is -1.76. The van der Waals surface area contributed by atoms with Gasteiger partial charge >= 0.3 is 0 Å². The highest BCUT2D eigenvalue weighted by Crippen LogP contribution is 2.55. The zero-order valence-corrected chi connectivity index (χ0v) is 17.0. The van der Waals surface area contributed by atoms with Crippen LogP contribution in [0, 0.1) is 33.9 Å². The first-order valence-corrected chi connectivity index (χ1v) is 10.3. The molecule has 32 heavy (non-hydrogen) atoms. The Morgan fingerprint density at radius 1 is 0.906 bits per heavy atom. The van der Waals surface area contributed by atoms with E-state index in [0.717, 1.165) is 11.3 Å². The molecule has 5 rings (SSSR count). The molecule has 1 saturated heterocycles. The van der Waals surface area contributed by atoms with Crippen LogP contribution in [-0.4, -0.2) is 17.9 Å². The predicted octanol–water partition coefficient (Wildman–Crippen LogP) is 5.11. The molecule has 0 N–H and O–H groups in total. The van der Waals surface area contributed by atoms with Crippen molar-refractivity contribution in [3.05, 3.63) is 107 Å². The first-order valence-electron chi connectivity index (χ1n) is 10.3. The number of para-hydroxylation sites is 1. The first-order chi connectivity index (χ1) is 15.6. The highest BCUT2D eigenvalue weighted by Gasteiger charge is 2.63. The molecular formula is C27H18FN3O. The van der Waals surface area contributed by atoms with Crippen molar-refractivity contribution in [2.24, 2.45) is 5.41 Å². The van der Waals surface area contributed by atoms with Gasteiger partial charge < -0.3 is 4.90 Å². The summed E-state index contributed by atoms with van der Waals surface area (Å²) in [6.45, 7) is 0. The number of ketones is 1. The molecule has 0 radical (unpaired) electrons. The van der Waals surface area contributed by atoms with Crippen molar-refractivity contribution in [2.75, 3.05) is 4.90 Å². The SMILES string of the molecule is N#CC1(C#N)C(c2ccccc2F)C(C(=O)c2ccccc2)N2c3ccccc3C=CC21. The Morgan fingerprint density at radius 3 is 2.28 bits per heavy atom. The van der Waals surface area contributed by atoms with Crippen molar-refractivity contribution in [3.8, 4) is 12.1 Å². The van der Waals surface area contributed by atoms with E-state index in [2.05, 4.69) is 12.1 Å². The second-order valence-corrected chi connectivity index (χ2v) is 8.04. The number of anilines is 1. The van der Waals surface area contributed by atoms with E-state index in [4.69, 9.17) is 0 Å². The summed E-state index contributed by atoms with van der Waals surface area (Å²) in [4.78, 5) is 15.8. The standard InChI is InChI=1S/C27H18FN3O/c28-21-12-6-5-11-20(21)24-25(26(32)19-9-2-1-3-10-19)31-22-13-7-4-8-18(22)14-15-23(31)27(24,16-29)17-30/h1-15,23-25H. The molecule has 3 atom stereocenters. The lowest BCUT2D eigenvalue weighted by Gasteiger charge is -2.35. The summed E-state index contributed by atoms with van der Waals surface area (Å²) < 4.78 is 15.1. The summed E-state index contributed by atoms with van der Waals surface area (Å²) in [5, 5.41) is 20.7. The van der Waals surface area contributed by atoms with Gasteiger partial charge in [0, 0.05) is 17.2 Å². The lowest BCUT2D eigenvalue weighted by molar-refractivity contribution is 0.0950. The predicted molar refractivity (Wildman–Crippen MR) is 119 cm³/mol. The molecule has 4 nitrogen and oxygen atoms in total. The van der Waals surface area contributed by atoms with Crippen molar-refractivity contribution in [3.63, 3.8) is 0 Å². The average molecular weight is 419 g/mol. The molecule has 2 aliphatic rings. The van der Waals surface area contributed by atoms with Gasteiger partial charge in [0.15, 0.2) is 11.2 Å². The maximum Gasteiger partial charge on any atom is 0.185 e. The lowest BCUT2D eigenvalue weighted by atomic mass is 9.69. The molecule has 0 aliphatic carbocycles. The minimum atomic E-state index is -1.65. The largest absolute Gasteiger partial charge is 0.351 e. The normalized spacial score (nSPS) is 22.3. The van der Waals surface area contributed by atoms with Crippen LogP contribution in [0.1, 0.15) is 27.4 Å². The summed E-state index contributed by atoms with van der Waals surface area (Å²) in [6, 6.07) is 25.2. The van der Waals surface area contributed by atoms with Crippen molar-refractivity contribution in [1.82, 2.24) is 0 Å². The van der Waals surface area contributed by atoms with Crippen molar-refractivity contribution < 1.29 is 9.18 Å².